The lowest BCUT2D eigenvalue weighted by atomic mass is 10.2. The van der Waals surface area contributed by atoms with E-state index in [0.717, 1.165) is 27.8 Å². The minimum Gasteiger partial charge on any atom is -0.348 e. The van der Waals surface area contributed by atoms with Gasteiger partial charge in [-0.1, -0.05) is 12.1 Å². The van der Waals surface area contributed by atoms with E-state index >= 15 is 0 Å². The zero-order chi connectivity index (χ0) is 15.5. The molecule has 0 fully saturated rings. The molecule has 0 aliphatic rings. The molecule has 3 heterocycles. The van der Waals surface area contributed by atoms with E-state index in [-0.39, 0.29) is 0 Å². The van der Waals surface area contributed by atoms with Gasteiger partial charge in [-0.3, -0.25) is 9.88 Å². The number of benzene rings is 1. The first-order chi connectivity index (χ1) is 11.4. The topological polar surface area (TPSA) is 44.8 Å². The van der Waals surface area contributed by atoms with Gasteiger partial charge in [0.15, 0.2) is 0 Å². The van der Waals surface area contributed by atoms with Gasteiger partial charge in [-0.25, -0.2) is 4.98 Å². The van der Waals surface area contributed by atoms with Gasteiger partial charge >= 0.3 is 0 Å². The largest absolute Gasteiger partial charge is 0.348 e. The third-order valence-corrected chi connectivity index (χ3v) is 4.33. The van der Waals surface area contributed by atoms with Crippen LogP contribution < -0.4 is 4.90 Å². The maximum atomic E-state index is 4.40. The maximum Gasteiger partial charge on any atom is 0.123 e. The molecule has 0 unspecified atom stereocenters. The van der Waals surface area contributed by atoms with Crippen molar-refractivity contribution in [2.45, 2.75) is 0 Å². The smallest absolute Gasteiger partial charge is 0.123 e. The molecule has 0 spiro atoms. The molecule has 0 aliphatic carbocycles. The van der Waals surface area contributed by atoms with Crippen LogP contribution in [0.3, 0.4) is 0 Å². The maximum absolute atomic E-state index is 4.40. The zero-order valence-electron chi connectivity index (χ0n) is 12.3. The van der Waals surface area contributed by atoms with Gasteiger partial charge in [0.2, 0.25) is 0 Å². The molecule has 4 nitrogen and oxygen atoms in total. The summed E-state index contributed by atoms with van der Waals surface area (Å²) >= 11 is 1.64. The molecule has 0 radical (unpaired) electrons. The summed E-state index contributed by atoms with van der Waals surface area (Å²) in [5.74, 6) is 0.995. The van der Waals surface area contributed by atoms with Crippen molar-refractivity contribution in [3.63, 3.8) is 0 Å². The Morgan fingerprint density at radius 3 is 2.65 bits per heavy atom. The van der Waals surface area contributed by atoms with E-state index < -0.39 is 0 Å². The fraction of sp³-hybridized carbons (Fsp3) is 0. The van der Waals surface area contributed by atoms with Crippen molar-refractivity contribution in [2.24, 2.45) is 0 Å². The van der Waals surface area contributed by atoms with Crippen LogP contribution in [0.1, 0.15) is 0 Å². The molecule has 0 amide bonds. The fourth-order valence-electron chi connectivity index (χ4n) is 2.52. The first-order valence-electron chi connectivity index (χ1n) is 7.25. The Balaban J connectivity index is 1.83. The highest BCUT2D eigenvalue weighted by Gasteiger charge is 2.14. The van der Waals surface area contributed by atoms with E-state index in [0.29, 0.717) is 0 Å². The van der Waals surface area contributed by atoms with Crippen molar-refractivity contribution >= 4 is 28.5 Å². The lowest BCUT2D eigenvalue weighted by Crippen LogP contribution is -2.10. The third kappa shape index (κ3) is 2.74. The van der Waals surface area contributed by atoms with Crippen molar-refractivity contribution < 1.29 is 0 Å². The number of aromatic amines is 1. The molecule has 1 N–H and O–H groups in total. The summed E-state index contributed by atoms with van der Waals surface area (Å²) in [4.78, 5) is 14.1. The average Bonchev–Trinajstić information content (AvgIpc) is 3.31. The number of nitrogens with zero attached hydrogens (tertiary/aromatic N) is 3. The molecule has 0 bridgehead atoms. The molecule has 0 saturated carbocycles. The summed E-state index contributed by atoms with van der Waals surface area (Å²) in [7, 11) is 0. The number of rotatable bonds is 4. The fourth-order valence-corrected chi connectivity index (χ4v) is 3.15. The quantitative estimate of drug-likeness (QED) is 0.575. The van der Waals surface area contributed by atoms with Crippen LogP contribution in [0.25, 0.3) is 10.6 Å². The highest BCUT2D eigenvalue weighted by Crippen LogP contribution is 2.35. The second-order valence-electron chi connectivity index (χ2n) is 4.99. The molecule has 1 aromatic carbocycles. The number of aromatic nitrogens is 3. The monoisotopic (exact) mass is 318 g/mol. The van der Waals surface area contributed by atoms with E-state index in [9.17, 15) is 0 Å². The second-order valence-corrected chi connectivity index (χ2v) is 5.88. The SMILES string of the molecule is c1cncc(N(c2cccc(-c3nccs3)c2)c2ccc[nH]2)c1. The predicted molar refractivity (Wildman–Crippen MR) is 94.4 cm³/mol. The Morgan fingerprint density at radius 2 is 1.91 bits per heavy atom. The normalized spacial score (nSPS) is 10.6. The van der Waals surface area contributed by atoms with Gasteiger partial charge in [0.05, 0.1) is 11.9 Å². The lowest BCUT2D eigenvalue weighted by molar-refractivity contribution is 1.18. The van der Waals surface area contributed by atoms with Crippen LogP contribution in [-0.2, 0) is 0 Å². The number of anilines is 3. The van der Waals surface area contributed by atoms with Gasteiger partial charge in [0.1, 0.15) is 10.8 Å². The number of thiazole rings is 1. The Hall–Kier alpha value is -2.92. The zero-order valence-corrected chi connectivity index (χ0v) is 13.1. The number of H-pyrrole nitrogens is 1. The molecule has 0 atom stereocenters. The van der Waals surface area contributed by atoms with E-state index in [4.69, 9.17) is 0 Å². The van der Waals surface area contributed by atoms with Crippen molar-refractivity contribution in [1.82, 2.24) is 15.0 Å². The standard InChI is InChI=1S/C18H14N4S/c1-4-14(18-21-10-11-23-18)12-15(5-1)22(17-7-3-9-20-17)16-6-2-8-19-13-16/h1-13,20H. The first-order valence-corrected chi connectivity index (χ1v) is 8.13. The highest BCUT2D eigenvalue weighted by molar-refractivity contribution is 7.13. The van der Waals surface area contributed by atoms with E-state index in [1.807, 2.05) is 48.2 Å². The average molecular weight is 318 g/mol. The Kier molecular flexibility index (Phi) is 3.62. The van der Waals surface area contributed by atoms with Gasteiger partial charge < -0.3 is 4.98 Å². The Labute approximate surface area is 138 Å². The van der Waals surface area contributed by atoms with E-state index in [2.05, 4.69) is 44.1 Å². The lowest BCUT2D eigenvalue weighted by Gasteiger charge is -2.23. The predicted octanol–water partition coefficient (Wildman–Crippen LogP) is 5.00. The minimum atomic E-state index is 0.995. The number of hydrogen-bond donors (Lipinski definition) is 1. The van der Waals surface area contributed by atoms with Crippen LogP contribution in [-0.4, -0.2) is 15.0 Å². The second kappa shape index (κ2) is 6.06. The van der Waals surface area contributed by atoms with Crippen molar-refractivity contribution in [2.75, 3.05) is 4.90 Å². The summed E-state index contributed by atoms with van der Waals surface area (Å²) in [6, 6.07) is 16.4. The van der Waals surface area contributed by atoms with Gasteiger partial charge in [-0.15, -0.1) is 11.3 Å². The molecule has 4 aromatic rings. The molecular weight excluding hydrogens is 304 g/mol. The van der Waals surface area contributed by atoms with Crippen LogP contribution in [0.5, 0.6) is 0 Å². The van der Waals surface area contributed by atoms with Crippen LogP contribution in [0, 0.1) is 0 Å². The molecule has 3 aromatic heterocycles. The van der Waals surface area contributed by atoms with Crippen molar-refractivity contribution in [1.29, 1.82) is 0 Å². The molecule has 112 valence electrons. The summed E-state index contributed by atoms with van der Waals surface area (Å²) < 4.78 is 0. The Morgan fingerprint density at radius 1 is 0.957 bits per heavy atom. The van der Waals surface area contributed by atoms with Crippen LogP contribution in [0.15, 0.2) is 78.7 Å². The van der Waals surface area contributed by atoms with Crippen LogP contribution in [0.4, 0.5) is 17.2 Å². The molecule has 5 heteroatoms. The third-order valence-electron chi connectivity index (χ3n) is 3.51. The molecule has 23 heavy (non-hydrogen) atoms. The summed E-state index contributed by atoms with van der Waals surface area (Å²) in [5.41, 5.74) is 3.18. The summed E-state index contributed by atoms with van der Waals surface area (Å²) in [6.45, 7) is 0. The minimum absolute atomic E-state index is 0.995. The number of nitrogens with one attached hydrogen (secondary N) is 1. The van der Waals surface area contributed by atoms with E-state index in [1.165, 1.54) is 0 Å². The molecule has 4 rings (SSSR count). The van der Waals surface area contributed by atoms with E-state index in [1.54, 1.807) is 17.5 Å². The van der Waals surface area contributed by atoms with Crippen molar-refractivity contribution in [3.05, 3.63) is 78.7 Å². The molecular formula is C18H14N4S. The summed E-state index contributed by atoms with van der Waals surface area (Å²) in [5, 5.41) is 3.01. The van der Waals surface area contributed by atoms with Crippen molar-refractivity contribution in [3.8, 4) is 10.6 Å². The van der Waals surface area contributed by atoms with Crippen LogP contribution >= 0.6 is 11.3 Å². The molecule has 0 saturated heterocycles. The van der Waals surface area contributed by atoms with Gasteiger partial charge in [0.25, 0.3) is 0 Å². The highest BCUT2D eigenvalue weighted by atomic mass is 32.1. The van der Waals surface area contributed by atoms with Gasteiger partial charge in [-0.2, -0.15) is 0 Å². The molecule has 0 aliphatic heterocycles. The van der Waals surface area contributed by atoms with Gasteiger partial charge in [-0.05, 0) is 36.4 Å². The Bertz CT molecular complexity index is 871. The number of hydrogen-bond acceptors (Lipinski definition) is 4. The van der Waals surface area contributed by atoms with Gasteiger partial charge in [0, 0.05) is 35.2 Å². The van der Waals surface area contributed by atoms with Crippen LogP contribution in [0.2, 0.25) is 0 Å². The summed E-state index contributed by atoms with van der Waals surface area (Å²) in [6.07, 6.45) is 7.39. The first kappa shape index (κ1) is 13.7. The number of pyridine rings is 1.